The van der Waals surface area contributed by atoms with Crippen LogP contribution >= 0.6 is 0 Å². The van der Waals surface area contributed by atoms with Crippen LogP contribution in [0.15, 0.2) is 41.7 Å². The maximum absolute atomic E-state index is 12.8. The quantitative estimate of drug-likeness (QED) is 0.647. The molecule has 8 heteroatoms. The van der Waals surface area contributed by atoms with Gasteiger partial charge in [0.25, 0.3) is 5.91 Å². The van der Waals surface area contributed by atoms with Crippen LogP contribution in [0.5, 0.6) is 11.5 Å². The van der Waals surface area contributed by atoms with Crippen LogP contribution in [0.1, 0.15) is 42.5 Å². The normalized spacial score (nSPS) is 18.9. The summed E-state index contributed by atoms with van der Waals surface area (Å²) in [6.45, 7) is 2.43. The average Bonchev–Trinajstić information content (AvgIpc) is 3.50. The van der Waals surface area contributed by atoms with Crippen molar-refractivity contribution in [3.63, 3.8) is 0 Å². The largest absolute Gasteiger partial charge is 0.454 e. The molecule has 3 aliphatic rings. The fourth-order valence-electron chi connectivity index (χ4n) is 4.65. The van der Waals surface area contributed by atoms with Gasteiger partial charge in [-0.3, -0.25) is 19.6 Å². The maximum Gasteiger partial charge on any atom is 0.253 e. The number of nitrogens with zero attached hydrogens (tertiary/aromatic N) is 3. The molecule has 0 saturated carbocycles. The molecule has 4 heterocycles. The van der Waals surface area contributed by atoms with Crippen molar-refractivity contribution in [2.45, 2.75) is 38.1 Å². The molecule has 0 spiro atoms. The Bertz CT molecular complexity index is 1120. The number of benzene rings is 1. The molecule has 0 bridgehead atoms. The first-order chi connectivity index (χ1) is 16.2. The highest BCUT2D eigenvalue weighted by Gasteiger charge is 2.25. The summed E-state index contributed by atoms with van der Waals surface area (Å²) in [4.78, 5) is 35.6. The zero-order valence-corrected chi connectivity index (χ0v) is 18.5. The summed E-state index contributed by atoms with van der Waals surface area (Å²) in [7, 11) is 0. The van der Waals surface area contributed by atoms with Crippen molar-refractivity contribution in [3.05, 3.63) is 52.8 Å². The van der Waals surface area contributed by atoms with Gasteiger partial charge in [0.1, 0.15) is 6.04 Å². The monoisotopic (exact) mass is 448 g/mol. The summed E-state index contributed by atoms with van der Waals surface area (Å²) in [6.07, 6.45) is 10.5. The Kier molecular flexibility index (Phi) is 6.24. The molecule has 1 aromatic heterocycles. The van der Waals surface area contributed by atoms with Crippen molar-refractivity contribution in [1.29, 1.82) is 0 Å². The molecule has 1 aromatic carbocycles. The minimum absolute atomic E-state index is 0.0541. The number of likely N-dealkylation sites (tertiary alicyclic amines) is 1. The van der Waals surface area contributed by atoms with E-state index in [2.05, 4.69) is 15.3 Å². The van der Waals surface area contributed by atoms with Crippen molar-refractivity contribution in [1.82, 2.24) is 15.2 Å². The summed E-state index contributed by atoms with van der Waals surface area (Å²) in [5.74, 6) is 1.97. The lowest BCUT2D eigenvalue weighted by Gasteiger charge is -2.32. The molecule has 0 aliphatic carbocycles. The van der Waals surface area contributed by atoms with Gasteiger partial charge in [0, 0.05) is 42.8 Å². The average molecular weight is 449 g/mol. The molecule has 1 fully saturated rings. The Morgan fingerprint density at radius 3 is 2.79 bits per heavy atom. The van der Waals surface area contributed by atoms with Gasteiger partial charge in [0.15, 0.2) is 11.5 Å². The predicted molar refractivity (Wildman–Crippen MR) is 121 cm³/mol. The van der Waals surface area contributed by atoms with E-state index in [0.717, 1.165) is 55.8 Å². The third-order valence-corrected chi connectivity index (χ3v) is 6.57. The molecule has 5 rings (SSSR count). The predicted octanol–water partition coefficient (Wildman–Crippen LogP) is 1.43. The number of ether oxygens (including phenoxy) is 2. The van der Waals surface area contributed by atoms with E-state index in [1.165, 1.54) is 0 Å². The lowest BCUT2D eigenvalue weighted by Crippen LogP contribution is -2.38. The number of hydrogen-bond donors (Lipinski definition) is 1. The van der Waals surface area contributed by atoms with E-state index >= 15 is 0 Å². The molecule has 3 aliphatic heterocycles. The van der Waals surface area contributed by atoms with Crippen LogP contribution in [-0.4, -0.2) is 54.2 Å². The minimum atomic E-state index is -0.448. The minimum Gasteiger partial charge on any atom is -0.454 e. The van der Waals surface area contributed by atoms with E-state index in [0.29, 0.717) is 29.5 Å². The van der Waals surface area contributed by atoms with Crippen LogP contribution in [0.2, 0.25) is 0 Å². The number of piperidine rings is 1. The van der Waals surface area contributed by atoms with Gasteiger partial charge in [0.2, 0.25) is 12.7 Å². The van der Waals surface area contributed by atoms with Gasteiger partial charge in [-0.05, 0) is 55.5 Å². The molecule has 8 nitrogen and oxygen atoms in total. The van der Waals surface area contributed by atoms with Gasteiger partial charge < -0.3 is 19.7 Å². The highest BCUT2D eigenvalue weighted by atomic mass is 16.7. The van der Waals surface area contributed by atoms with Crippen LogP contribution in [-0.2, 0) is 4.79 Å². The fourth-order valence-corrected chi connectivity index (χ4v) is 4.65. The van der Waals surface area contributed by atoms with Gasteiger partial charge in [-0.1, -0.05) is 12.8 Å². The molecular formula is C25H28N4O4. The number of fused-ring (bicyclic) bond motifs is 2. The second kappa shape index (κ2) is 9.60. The van der Waals surface area contributed by atoms with Crippen molar-refractivity contribution in [2.24, 2.45) is 10.9 Å². The van der Waals surface area contributed by atoms with E-state index in [1.807, 2.05) is 23.1 Å². The van der Waals surface area contributed by atoms with Gasteiger partial charge in [-0.2, -0.15) is 0 Å². The zero-order valence-electron chi connectivity index (χ0n) is 18.5. The number of carbonyl (C=O) groups is 2. The number of amides is 2. The van der Waals surface area contributed by atoms with Gasteiger partial charge in [-0.25, -0.2) is 0 Å². The lowest BCUT2D eigenvalue weighted by atomic mass is 9.91. The SMILES string of the molecule is O=C(NCCCCC1CCN(C(=O)c2ccc3c(c2)OCO3)CC1)C1C=c2cnccc2=N1. The number of carbonyl (C=O) groups excluding carboxylic acids is 2. The first-order valence-electron chi connectivity index (χ1n) is 11.6. The molecule has 1 saturated heterocycles. The molecule has 0 radical (unpaired) electrons. The van der Waals surface area contributed by atoms with Gasteiger partial charge >= 0.3 is 0 Å². The number of hydrogen-bond acceptors (Lipinski definition) is 6. The van der Waals surface area contributed by atoms with Crippen LogP contribution in [0.4, 0.5) is 0 Å². The standard InChI is InChI=1S/C25H28N4O4/c30-24(21-13-19-15-26-10-6-20(19)28-21)27-9-2-1-3-17-7-11-29(12-8-17)25(31)18-4-5-22-23(14-18)33-16-32-22/h4-6,10,13-15,17,21H,1-3,7-9,11-12,16H2,(H,27,30). The van der Waals surface area contributed by atoms with Crippen molar-refractivity contribution >= 4 is 17.9 Å². The first-order valence-corrected chi connectivity index (χ1v) is 11.6. The summed E-state index contributed by atoms with van der Waals surface area (Å²) < 4.78 is 10.7. The van der Waals surface area contributed by atoms with Crippen molar-refractivity contribution in [3.8, 4) is 11.5 Å². The van der Waals surface area contributed by atoms with Crippen molar-refractivity contribution in [2.75, 3.05) is 26.4 Å². The molecule has 2 amide bonds. The molecule has 2 aromatic rings. The first kappa shape index (κ1) is 21.4. The van der Waals surface area contributed by atoms with E-state index in [1.54, 1.807) is 24.5 Å². The van der Waals surface area contributed by atoms with E-state index in [9.17, 15) is 9.59 Å². The summed E-state index contributed by atoms with van der Waals surface area (Å²) in [6, 6.07) is 6.76. The molecule has 1 unspecified atom stereocenters. The lowest BCUT2D eigenvalue weighted by molar-refractivity contribution is -0.121. The second-order valence-electron chi connectivity index (χ2n) is 8.77. The van der Waals surface area contributed by atoms with E-state index in [-0.39, 0.29) is 18.6 Å². The fraction of sp³-hybridized carbons (Fsp3) is 0.440. The van der Waals surface area contributed by atoms with Crippen molar-refractivity contribution < 1.29 is 19.1 Å². The van der Waals surface area contributed by atoms with Crippen LogP contribution in [0.3, 0.4) is 0 Å². The maximum atomic E-state index is 12.8. The van der Waals surface area contributed by atoms with E-state index < -0.39 is 6.04 Å². The number of rotatable bonds is 7. The Balaban J connectivity index is 0.995. The number of unbranched alkanes of at least 4 members (excludes halogenated alkanes) is 1. The zero-order chi connectivity index (χ0) is 22.6. The topological polar surface area (TPSA) is 93.1 Å². The third-order valence-electron chi connectivity index (χ3n) is 6.57. The van der Waals surface area contributed by atoms with Crippen LogP contribution < -0.4 is 25.4 Å². The Morgan fingerprint density at radius 1 is 1.09 bits per heavy atom. The number of aromatic nitrogens is 1. The molecule has 172 valence electrons. The second-order valence-corrected chi connectivity index (χ2v) is 8.77. The Hall–Kier alpha value is -3.42. The Morgan fingerprint density at radius 2 is 1.94 bits per heavy atom. The number of nitrogens with one attached hydrogen (secondary N) is 1. The van der Waals surface area contributed by atoms with Crippen LogP contribution in [0, 0.1) is 5.92 Å². The summed E-state index contributed by atoms with van der Waals surface area (Å²) in [5.41, 5.74) is 0.652. The molecule has 1 N–H and O–H groups in total. The molecule has 1 atom stereocenters. The van der Waals surface area contributed by atoms with E-state index in [4.69, 9.17) is 9.47 Å². The Labute approximate surface area is 192 Å². The highest BCUT2D eigenvalue weighted by molar-refractivity contribution is 5.95. The smallest absolute Gasteiger partial charge is 0.253 e. The van der Waals surface area contributed by atoms with Gasteiger partial charge in [-0.15, -0.1) is 0 Å². The summed E-state index contributed by atoms with van der Waals surface area (Å²) >= 11 is 0. The number of pyridine rings is 1. The molecular weight excluding hydrogens is 420 g/mol. The van der Waals surface area contributed by atoms with Crippen LogP contribution in [0.25, 0.3) is 6.08 Å². The summed E-state index contributed by atoms with van der Waals surface area (Å²) in [5, 5.41) is 4.74. The molecule has 33 heavy (non-hydrogen) atoms. The van der Waals surface area contributed by atoms with Gasteiger partial charge in [0.05, 0.1) is 5.36 Å². The highest BCUT2D eigenvalue weighted by Crippen LogP contribution is 2.33. The third kappa shape index (κ3) is 4.84.